The van der Waals surface area contributed by atoms with E-state index in [1.807, 2.05) is 24.3 Å². The second-order valence-corrected chi connectivity index (χ2v) is 10.0. The maximum atomic E-state index is 6.23. The third-order valence-electron chi connectivity index (χ3n) is 7.29. The second-order valence-electron chi connectivity index (χ2n) is 9.57. The van der Waals surface area contributed by atoms with E-state index in [1.54, 1.807) is 7.11 Å². The zero-order chi connectivity index (χ0) is 22.6. The normalized spacial score (nSPS) is 24.8. The van der Waals surface area contributed by atoms with Gasteiger partial charge in [0, 0.05) is 10.7 Å². The van der Waals surface area contributed by atoms with Gasteiger partial charge >= 0.3 is 0 Å². The molecule has 2 aliphatic carbocycles. The van der Waals surface area contributed by atoms with E-state index in [1.165, 1.54) is 69.8 Å². The molecule has 0 aromatic heterocycles. The van der Waals surface area contributed by atoms with E-state index in [2.05, 4.69) is 29.2 Å². The predicted octanol–water partition coefficient (Wildman–Crippen LogP) is 7.41. The summed E-state index contributed by atoms with van der Waals surface area (Å²) in [5.41, 5.74) is 3.51. The predicted molar refractivity (Wildman–Crippen MR) is 138 cm³/mol. The third-order valence-corrected chi connectivity index (χ3v) is 7.54. The SMILES string of the molecule is COc1ccc(N2C(=NC3CCCCC3)C(=NC3CCCCC3)C2c2ccc(Cl)cc2)cc1. The standard InChI is InChI=1S/C28H34ClN3O/c1-33-25-18-16-24(17-19-25)32-27(20-12-14-21(29)15-13-20)26(30-22-8-4-2-5-9-22)28(32)31-23-10-6-3-7-11-23/h12-19,22-23,27H,2-11H2,1H3. The number of hydrogen-bond acceptors (Lipinski definition) is 3. The van der Waals surface area contributed by atoms with Crippen LogP contribution in [0.2, 0.25) is 5.02 Å². The summed E-state index contributed by atoms with van der Waals surface area (Å²) in [6.45, 7) is 0. The number of ether oxygens (including phenoxy) is 1. The van der Waals surface area contributed by atoms with Gasteiger partial charge in [0.15, 0.2) is 5.84 Å². The topological polar surface area (TPSA) is 37.2 Å². The molecule has 1 saturated heterocycles. The number of amidine groups is 1. The van der Waals surface area contributed by atoms with E-state index < -0.39 is 0 Å². The van der Waals surface area contributed by atoms with Crippen molar-refractivity contribution in [2.24, 2.45) is 9.98 Å². The zero-order valence-electron chi connectivity index (χ0n) is 19.5. The number of hydrogen-bond donors (Lipinski definition) is 0. The molecule has 3 aliphatic rings. The lowest BCUT2D eigenvalue weighted by Crippen LogP contribution is -2.57. The summed E-state index contributed by atoms with van der Waals surface area (Å²) in [5.74, 6) is 1.93. The Labute approximate surface area is 202 Å². The molecule has 0 bridgehead atoms. The summed E-state index contributed by atoms with van der Waals surface area (Å²) >= 11 is 6.23. The molecule has 5 rings (SSSR count). The minimum atomic E-state index is 0.0694. The molecule has 33 heavy (non-hydrogen) atoms. The van der Waals surface area contributed by atoms with Crippen LogP contribution in [0.1, 0.15) is 75.8 Å². The van der Waals surface area contributed by atoms with Gasteiger partial charge in [-0.3, -0.25) is 9.98 Å². The minimum Gasteiger partial charge on any atom is -0.497 e. The largest absolute Gasteiger partial charge is 0.497 e. The van der Waals surface area contributed by atoms with Gasteiger partial charge in [0.05, 0.1) is 19.2 Å². The molecule has 4 nitrogen and oxygen atoms in total. The maximum Gasteiger partial charge on any atom is 0.153 e. The van der Waals surface area contributed by atoms with Crippen molar-refractivity contribution in [1.29, 1.82) is 0 Å². The lowest BCUT2D eigenvalue weighted by atomic mass is 9.87. The monoisotopic (exact) mass is 463 g/mol. The summed E-state index contributed by atoms with van der Waals surface area (Å²) in [5, 5.41) is 0.760. The van der Waals surface area contributed by atoms with Crippen molar-refractivity contribution < 1.29 is 4.74 Å². The molecule has 2 saturated carbocycles. The lowest BCUT2D eigenvalue weighted by molar-refractivity contribution is 0.415. The van der Waals surface area contributed by atoms with Crippen LogP contribution >= 0.6 is 11.6 Å². The number of aliphatic imine (C=N–C) groups is 2. The molecule has 0 radical (unpaired) electrons. The summed E-state index contributed by atoms with van der Waals surface area (Å²) in [6, 6.07) is 17.5. The number of rotatable bonds is 5. The summed E-state index contributed by atoms with van der Waals surface area (Å²) in [6.07, 6.45) is 12.5. The summed E-state index contributed by atoms with van der Waals surface area (Å²) in [4.78, 5) is 13.1. The van der Waals surface area contributed by atoms with Crippen molar-refractivity contribution in [2.45, 2.75) is 82.3 Å². The first-order valence-corrected chi connectivity index (χ1v) is 13.0. The quantitative estimate of drug-likeness (QED) is 0.462. The molecule has 1 unspecified atom stereocenters. The Morgan fingerprint density at radius 2 is 1.33 bits per heavy atom. The highest BCUT2D eigenvalue weighted by atomic mass is 35.5. The highest BCUT2D eigenvalue weighted by Gasteiger charge is 2.44. The minimum absolute atomic E-state index is 0.0694. The van der Waals surface area contributed by atoms with Gasteiger partial charge < -0.3 is 9.64 Å². The Morgan fingerprint density at radius 3 is 1.91 bits per heavy atom. The molecular formula is C28H34ClN3O. The smallest absolute Gasteiger partial charge is 0.153 e. The summed E-state index contributed by atoms with van der Waals surface area (Å²) < 4.78 is 5.41. The van der Waals surface area contributed by atoms with Crippen LogP contribution in [0.5, 0.6) is 5.75 Å². The van der Waals surface area contributed by atoms with Crippen LogP contribution < -0.4 is 9.64 Å². The van der Waals surface area contributed by atoms with E-state index >= 15 is 0 Å². The summed E-state index contributed by atoms with van der Waals surface area (Å²) in [7, 11) is 1.71. The van der Waals surface area contributed by atoms with Crippen LogP contribution in [0, 0.1) is 0 Å². The highest BCUT2D eigenvalue weighted by molar-refractivity contribution is 6.56. The third kappa shape index (κ3) is 4.96. The Balaban J connectivity index is 1.57. The molecule has 2 aromatic rings. The Kier molecular flexibility index (Phi) is 7.01. The maximum absolute atomic E-state index is 6.23. The van der Waals surface area contributed by atoms with Crippen LogP contribution in [0.4, 0.5) is 5.69 Å². The van der Waals surface area contributed by atoms with Crippen LogP contribution in [0.15, 0.2) is 58.5 Å². The van der Waals surface area contributed by atoms with Crippen LogP contribution in [-0.2, 0) is 0 Å². The molecule has 174 valence electrons. The van der Waals surface area contributed by atoms with Crippen molar-refractivity contribution in [3.05, 3.63) is 59.1 Å². The van der Waals surface area contributed by atoms with Gasteiger partial charge in [0.25, 0.3) is 0 Å². The Hall–Kier alpha value is -2.33. The second kappa shape index (κ2) is 10.3. The van der Waals surface area contributed by atoms with Crippen LogP contribution in [-0.4, -0.2) is 30.7 Å². The van der Waals surface area contributed by atoms with E-state index in [9.17, 15) is 0 Å². The molecule has 5 heteroatoms. The molecule has 0 spiro atoms. The first kappa shape index (κ1) is 22.5. The molecule has 1 aliphatic heterocycles. The van der Waals surface area contributed by atoms with Gasteiger partial charge in [0.1, 0.15) is 17.5 Å². The molecule has 0 amide bonds. The van der Waals surface area contributed by atoms with Crippen molar-refractivity contribution in [2.75, 3.05) is 12.0 Å². The van der Waals surface area contributed by atoms with E-state index in [-0.39, 0.29) is 6.04 Å². The van der Waals surface area contributed by atoms with Gasteiger partial charge in [0.2, 0.25) is 0 Å². The van der Waals surface area contributed by atoms with Gasteiger partial charge in [-0.15, -0.1) is 0 Å². The first-order chi connectivity index (χ1) is 16.2. The first-order valence-electron chi connectivity index (χ1n) is 12.6. The van der Waals surface area contributed by atoms with Crippen molar-refractivity contribution in [1.82, 2.24) is 0 Å². The molecule has 0 N–H and O–H groups in total. The number of nitrogens with zero attached hydrogens (tertiary/aromatic N) is 3. The number of anilines is 1. The number of methoxy groups -OCH3 is 1. The fraction of sp³-hybridized carbons (Fsp3) is 0.500. The van der Waals surface area contributed by atoms with E-state index in [0.29, 0.717) is 12.1 Å². The number of benzene rings is 2. The highest BCUT2D eigenvalue weighted by Crippen LogP contribution is 2.40. The van der Waals surface area contributed by atoms with Crippen molar-refractivity contribution >= 4 is 28.8 Å². The fourth-order valence-corrected chi connectivity index (χ4v) is 5.56. The van der Waals surface area contributed by atoms with Gasteiger partial charge in [-0.1, -0.05) is 62.3 Å². The fourth-order valence-electron chi connectivity index (χ4n) is 5.44. The number of halogens is 1. The average molecular weight is 464 g/mol. The van der Waals surface area contributed by atoms with Gasteiger partial charge in [-0.2, -0.15) is 0 Å². The molecular weight excluding hydrogens is 430 g/mol. The Bertz CT molecular complexity index is 987. The average Bonchev–Trinajstić information content (AvgIpc) is 2.87. The van der Waals surface area contributed by atoms with Crippen molar-refractivity contribution in [3.63, 3.8) is 0 Å². The van der Waals surface area contributed by atoms with Gasteiger partial charge in [-0.25, -0.2) is 0 Å². The van der Waals surface area contributed by atoms with Crippen LogP contribution in [0.25, 0.3) is 0 Å². The Morgan fingerprint density at radius 1 is 0.758 bits per heavy atom. The van der Waals surface area contributed by atoms with Crippen molar-refractivity contribution in [3.8, 4) is 5.75 Å². The van der Waals surface area contributed by atoms with Gasteiger partial charge in [-0.05, 0) is 67.6 Å². The molecule has 3 fully saturated rings. The molecule has 1 heterocycles. The van der Waals surface area contributed by atoms with E-state index in [4.69, 9.17) is 26.3 Å². The lowest BCUT2D eigenvalue weighted by Gasteiger charge is -2.46. The molecule has 2 aromatic carbocycles. The van der Waals surface area contributed by atoms with E-state index in [0.717, 1.165) is 28.0 Å². The van der Waals surface area contributed by atoms with Crippen LogP contribution in [0.3, 0.4) is 0 Å². The zero-order valence-corrected chi connectivity index (χ0v) is 20.3. The molecule has 1 atom stereocenters.